The van der Waals surface area contributed by atoms with E-state index >= 15 is 0 Å². The standard InChI is InChI=1S/C16H25NO2/c1-13-6-5-7-14(15(13)19)10-17-11-16(12-18)8-3-2-4-9-16/h5-7,17-19H,2-4,8-12H2,1H3. The third-order valence-electron chi connectivity index (χ3n) is 4.39. The molecular formula is C16H25NO2. The highest BCUT2D eigenvalue weighted by molar-refractivity contribution is 5.39. The van der Waals surface area contributed by atoms with Gasteiger partial charge in [-0.05, 0) is 25.3 Å². The van der Waals surface area contributed by atoms with Crippen molar-refractivity contribution >= 4 is 0 Å². The highest BCUT2D eigenvalue weighted by Gasteiger charge is 2.30. The molecule has 0 saturated heterocycles. The molecule has 0 aromatic heterocycles. The molecule has 0 heterocycles. The number of phenols is 1. The van der Waals surface area contributed by atoms with Gasteiger partial charge in [0.1, 0.15) is 5.75 Å². The maximum absolute atomic E-state index is 9.97. The van der Waals surface area contributed by atoms with Gasteiger partial charge in [0.05, 0.1) is 0 Å². The van der Waals surface area contributed by atoms with Crippen molar-refractivity contribution in [1.82, 2.24) is 5.32 Å². The molecule has 3 heteroatoms. The Balaban J connectivity index is 1.90. The lowest BCUT2D eigenvalue weighted by Crippen LogP contribution is -2.38. The van der Waals surface area contributed by atoms with E-state index in [1.54, 1.807) is 0 Å². The fourth-order valence-electron chi connectivity index (χ4n) is 3.02. The number of aliphatic hydroxyl groups excluding tert-OH is 1. The molecular weight excluding hydrogens is 238 g/mol. The number of nitrogens with one attached hydrogen (secondary N) is 1. The number of hydrogen-bond donors (Lipinski definition) is 3. The van der Waals surface area contributed by atoms with Gasteiger partial charge in [-0.2, -0.15) is 0 Å². The second-order valence-corrected chi connectivity index (χ2v) is 5.90. The summed E-state index contributed by atoms with van der Waals surface area (Å²) >= 11 is 0. The van der Waals surface area contributed by atoms with Gasteiger partial charge in [-0.15, -0.1) is 0 Å². The van der Waals surface area contributed by atoms with Crippen LogP contribution in [0.3, 0.4) is 0 Å². The summed E-state index contributed by atoms with van der Waals surface area (Å²) in [5, 5.41) is 23.0. The summed E-state index contributed by atoms with van der Waals surface area (Å²) in [5.41, 5.74) is 1.90. The van der Waals surface area contributed by atoms with Crippen LogP contribution in [-0.2, 0) is 6.54 Å². The molecule has 1 aromatic rings. The normalized spacial score (nSPS) is 18.4. The van der Waals surface area contributed by atoms with E-state index < -0.39 is 0 Å². The van der Waals surface area contributed by atoms with Gasteiger partial charge in [0.2, 0.25) is 0 Å². The molecule has 0 amide bonds. The maximum Gasteiger partial charge on any atom is 0.122 e. The van der Waals surface area contributed by atoms with E-state index in [1.807, 2.05) is 25.1 Å². The minimum absolute atomic E-state index is 0.0533. The van der Waals surface area contributed by atoms with Crippen molar-refractivity contribution in [3.05, 3.63) is 29.3 Å². The summed E-state index contributed by atoms with van der Waals surface area (Å²) in [7, 11) is 0. The van der Waals surface area contributed by atoms with Gasteiger partial charge in [-0.1, -0.05) is 37.5 Å². The molecule has 19 heavy (non-hydrogen) atoms. The quantitative estimate of drug-likeness (QED) is 0.765. The lowest BCUT2D eigenvalue weighted by molar-refractivity contribution is 0.0810. The molecule has 3 nitrogen and oxygen atoms in total. The van der Waals surface area contributed by atoms with Crippen LogP contribution in [0.2, 0.25) is 0 Å². The Morgan fingerprint density at radius 1 is 1.21 bits per heavy atom. The number of aliphatic hydroxyl groups is 1. The third kappa shape index (κ3) is 3.48. The summed E-state index contributed by atoms with van der Waals surface area (Å²) in [6.07, 6.45) is 5.95. The zero-order chi connectivity index (χ0) is 13.7. The molecule has 1 aliphatic carbocycles. The SMILES string of the molecule is Cc1cccc(CNCC2(CO)CCCCC2)c1O. The van der Waals surface area contributed by atoms with Crippen molar-refractivity contribution < 1.29 is 10.2 Å². The molecule has 1 fully saturated rings. The Bertz CT molecular complexity index is 411. The average molecular weight is 263 g/mol. The molecule has 1 aliphatic rings. The topological polar surface area (TPSA) is 52.5 Å². The van der Waals surface area contributed by atoms with Crippen LogP contribution in [0.5, 0.6) is 5.75 Å². The van der Waals surface area contributed by atoms with Gasteiger partial charge in [-0.3, -0.25) is 0 Å². The minimum atomic E-state index is 0.0533. The van der Waals surface area contributed by atoms with Crippen LogP contribution in [0.15, 0.2) is 18.2 Å². The number of aryl methyl sites for hydroxylation is 1. The van der Waals surface area contributed by atoms with Gasteiger partial charge in [0.25, 0.3) is 0 Å². The number of rotatable bonds is 5. The highest BCUT2D eigenvalue weighted by Crippen LogP contribution is 2.35. The molecule has 2 rings (SSSR count). The summed E-state index contributed by atoms with van der Waals surface area (Å²) in [6.45, 7) is 3.67. The first-order valence-electron chi connectivity index (χ1n) is 7.26. The lowest BCUT2D eigenvalue weighted by atomic mass is 9.74. The summed E-state index contributed by atoms with van der Waals surface area (Å²) < 4.78 is 0. The first-order chi connectivity index (χ1) is 9.17. The molecule has 0 aliphatic heterocycles. The molecule has 3 N–H and O–H groups in total. The molecule has 0 radical (unpaired) electrons. The molecule has 0 bridgehead atoms. The largest absolute Gasteiger partial charge is 0.507 e. The number of benzene rings is 1. The van der Waals surface area contributed by atoms with Gasteiger partial charge in [0, 0.05) is 30.7 Å². The second kappa shape index (κ2) is 6.40. The Morgan fingerprint density at radius 3 is 2.63 bits per heavy atom. The third-order valence-corrected chi connectivity index (χ3v) is 4.39. The van der Waals surface area contributed by atoms with E-state index in [1.165, 1.54) is 19.3 Å². The van der Waals surface area contributed by atoms with Gasteiger partial charge in [-0.25, -0.2) is 0 Å². The van der Waals surface area contributed by atoms with Crippen LogP contribution in [-0.4, -0.2) is 23.4 Å². The first kappa shape index (κ1) is 14.4. The number of phenolic OH excluding ortho intramolecular Hbond substituents is 1. The molecule has 106 valence electrons. The molecule has 0 unspecified atom stereocenters. The summed E-state index contributed by atoms with van der Waals surface area (Å²) in [5.74, 6) is 0.386. The van der Waals surface area contributed by atoms with Crippen molar-refractivity contribution in [2.24, 2.45) is 5.41 Å². The van der Waals surface area contributed by atoms with Crippen molar-refractivity contribution in [3.63, 3.8) is 0 Å². The molecule has 0 spiro atoms. The smallest absolute Gasteiger partial charge is 0.122 e. The van der Waals surface area contributed by atoms with Gasteiger partial charge < -0.3 is 15.5 Å². The van der Waals surface area contributed by atoms with E-state index in [2.05, 4.69) is 5.32 Å². The monoisotopic (exact) mass is 263 g/mol. The van der Waals surface area contributed by atoms with Crippen LogP contribution in [0.25, 0.3) is 0 Å². The van der Waals surface area contributed by atoms with Gasteiger partial charge in [0.15, 0.2) is 0 Å². The average Bonchev–Trinajstić information content (AvgIpc) is 2.44. The zero-order valence-corrected chi connectivity index (χ0v) is 11.8. The maximum atomic E-state index is 9.97. The first-order valence-corrected chi connectivity index (χ1v) is 7.26. The number of para-hydroxylation sites is 1. The Labute approximate surface area is 115 Å². The van der Waals surface area contributed by atoms with E-state index in [0.717, 1.165) is 30.5 Å². The highest BCUT2D eigenvalue weighted by atomic mass is 16.3. The fourth-order valence-corrected chi connectivity index (χ4v) is 3.02. The van der Waals surface area contributed by atoms with Crippen LogP contribution in [0.1, 0.15) is 43.2 Å². The van der Waals surface area contributed by atoms with Crippen molar-refractivity contribution in [2.45, 2.75) is 45.6 Å². The fraction of sp³-hybridized carbons (Fsp3) is 0.625. The minimum Gasteiger partial charge on any atom is -0.507 e. The zero-order valence-electron chi connectivity index (χ0n) is 11.8. The Hall–Kier alpha value is -1.06. The van der Waals surface area contributed by atoms with Crippen LogP contribution >= 0.6 is 0 Å². The van der Waals surface area contributed by atoms with E-state index in [4.69, 9.17) is 0 Å². The predicted molar refractivity (Wildman–Crippen MR) is 77.2 cm³/mol. The van der Waals surface area contributed by atoms with Crippen LogP contribution < -0.4 is 5.32 Å². The van der Waals surface area contributed by atoms with Crippen LogP contribution in [0, 0.1) is 12.3 Å². The number of hydrogen-bond acceptors (Lipinski definition) is 3. The van der Waals surface area contributed by atoms with E-state index in [9.17, 15) is 10.2 Å². The number of aromatic hydroxyl groups is 1. The second-order valence-electron chi connectivity index (χ2n) is 5.90. The lowest BCUT2D eigenvalue weighted by Gasteiger charge is -2.35. The van der Waals surface area contributed by atoms with Crippen molar-refractivity contribution in [2.75, 3.05) is 13.2 Å². The van der Waals surface area contributed by atoms with Crippen molar-refractivity contribution in [1.29, 1.82) is 0 Å². The van der Waals surface area contributed by atoms with Crippen molar-refractivity contribution in [3.8, 4) is 5.75 Å². The molecule has 0 atom stereocenters. The van der Waals surface area contributed by atoms with E-state index in [-0.39, 0.29) is 12.0 Å². The van der Waals surface area contributed by atoms with Crippen LogP contribution in [0.4, 0.5) is 0 Å². The summed E-state index contributed by atoms with van der Waals surface area (Å²) in [4.78, 5) is 0. The predicted octanol–water partition coefficient (Wildman–Crippen LogP) is 2.73. The summed E-state index contributed by atoms with van der Waals surface area (Å²) in [6, 6.07) is 5.82. The molecule has 1 saturated carbocycles. The Kier molecular flexibility index (Phi) is 4.83. The Morgan fingerprint density at radius 2 is 1.95 bits per heavy atom. The molecule has 1 aromatic carbocycles. The van der Waals surface area contributed by atoms with E-state index in [0.29, 0.717) is 12.3 Å². The van der Waals surface area contributed by atoms with Gasteiger partial charge >= 0.3 is 0 Å².